The van der Waals surface area contributed by atoms with Gasteiger partial charge in [-0.05, 0) is 6.92 Å². The molecule has 0 aliphatic carbocycles. The Hall–Kier alpha value is -2.08. The molecular formula is C16H17N3O2S. The Kier molecular flexibility index (Phi) is 4.58. The lowest BCUT2D eigenvalue weighted by Crippen LogP contribution is -2.27. The summed E-state index contributed by atoms with van der Waals surface area (Å²) in [5, 5.41) is 3.52. The molecule has 1 aromatic carbocycles. The first-order chi connectivity index (χ1) is 10.7. The third-order valence-electron chi connectivity index (χ3n) is 3.29. The highest BCUT2D eigenvalue weighted by atomic mass is 32.2. The second kappa shape index (κ2) is 6.79. The molecule has 0 saturated carbocycles. The normalized spacial score (nSPS) is 14.0. The molecule has 3 rings (SSSR count). The predicted octanol–water partition coefficient (Wildman–Crippen LogP) is 2.80. The van der Waals surface area contributed by atoms with Crippen molar-refractivity contribution >= 4 is 22.8 Å². The number of amidine groups is 1. The third-order valence-corrected chi connectivity index (χ3v) is 4.18. The van der Waals surface area contributed by atoms with Crippen molar-refractivity contribution in [2.24, 2.45) is 4.99 Å². The van der Waals surface area contributed by atoms with Crippen LogP contribution in [0.1, 0.15) is 17.9 Å². The molecular weight excluding hydrogens is 298 g/mol. The quantitative estimate of drug-likeness (QED) is 0.942. The van der Waals surface area contributed by atoms with E-state index in [4.69, 9.17) is 4.42 Å². The van der Waals surface area contributed by atoms with Crippen LogP contribution in [0.25, 0.3) is 11.3 Å². The van der Waals surface area contributed by atoms with E-state index in [1.165, 1.54) is 5.56 Å². The van der Waals surface area contributed by atoms with E-state index in [2.05, 4.69) is 15.3 Å². The zero-order valence-corrected chi connectivity index (χ0v) is 13.2. The molecule has 1 aliphatic rings. The number of carbonyl (C=O) groups excluding carboxylic acids is 1. The molecule has 5 nitrogen and oxygen atoms in total. The summed E-state index contributed by atoms with van der Waals surface area (Å²) in [6.07, 6.45) is 2.53. The molecule has 6 heteroatoms. The van der Waals surface area contributed by atoms with E-state index in [0.717, 1.165) is 28.8 Å². The van der Waals surface area contributed by atoms with Crippen molar-refractivity contribution in [3.05, 3.63) is 41.9 Å². The van der Waals surface area contributed by atoms with Gasteiger partial charge in [0.05, 0.1) is 12.7 Å². The predicted molar refractivity (Wildman–Crippen MR) is 87.9 cm³/mol. The molecule has 2 aromatic rings. The number of thioether (sulfide) groups is 1. The van der Waals surface area contributed by atoms with Crippen molar-refractivity contribution in [3.8, 4) is 11.3 Å². The maximum absolute atomic E-state index is 11.8. The van der Waals surface area contributed by atoms with Gasteiger partial charge in [-0.25, -0.2) is 4.98 Å². The summed E-state index contributed by atoms with van der Waals surface area (Å²) in [6, 6.07) is 8.07. The molecule has 1 amide bonds. The van der Waals surface area contributed by atoms with Crippen molar-refractivity contribution in [2.75, 3.05) is 12.3 Å². The number of nitrogens with one attached hydrogen (secondary N) is 1. The van der Waals surface area contributed by atoms with E-state index in [-0.39, 0.29) is 5.91 Å². The Bertz CT molecular complexity index is 692. The summed E-state index contributed by atoms with van der Waals surface area (Å²) in [4.78, 5) is 20.2. The molecule has 0 saturated heterocycles. The fourth-order valence-electron chi connectivity index (χ4n) is 2.09. The summed E-state index contributed by atoms with van der Waals surface area (Å²) in [7, 11) is 0. The molecule has 1 aromatic heterocycles. The van der Waals surface area contributed by atoms with Crippen molar-refractivity contribution in [2.45, 2.75) is 19.8 Å². The molecule has 0 radical (unpaired) electrons. The van der Waals surface area contributed by atoms with Crippen LogP contribution >= 0.6 is 11.8 Å². The highest BCUT2D eigenvalue weighted by Gasteiger charge is 2.12. The topological polar surface area (TPSA) is 67.5 Å². The van der Waals surface area contributed by atoms with Crippen LogP contribution in [0.3, 0.4) is 0 Å². The maximum atomic E-state index is 11.8. The lowest BCUT2D eigenvalue weighted by molar-refractivity contribution is -0.119. The van der Waals surface area contributed by atoms with Gasteiger partial charge in [-0.15, -0.1) is 0 Å². The van der Waals surface area contributed by atoms with Crippen LogP contribution in [0.5, 0.6) is 0 Å². The van der Waals surface area contributed by atoms with Crippen LogP contribution in [0.4, 0.5) is 0 Å². The van der Waals surface area contributed by atoms with Crippen molar-refractivity contribution in [3.63, 3.8) is 0 Å². The number of nitrogens with zero attached hydrogens (tertiary/aromatic N) is 2. The van der Waals surface area contributed by atoms with Gasteiger partial charge in [0.25, 0.3) is 0 Å². The Morgan fingerprint density at radius 1 is 1.36 bits per heavy atom. The van der Waals surface area contributed by atoms with E-state index in [1.807, 2.05) is 31.2 Å². The summed E-state index contributed by atoms with van der Waals surface area (Å²) in [6.45, 7) is 2.82. The highest BCUT2D eigenvalue weighted by molar-refractivity contribution is 8.14. The number of aromatic nitrogens is 1. The van der Waals surface area contributed by atoms with Gasteiger partial charge in [-0.3, -0.25) is 9.79 Å². The van der Waals surface area contributed by atoms with E-state index in [0.29, 0.717) is 18.7 Å². The molecule has 22 heavy (non-hydrogen) atoms. The van der Waals surface area contributed by atoms with E-state index in [9.17, 15) is 4.79 Å². The number of aryl methyl sites for hydroxylation is 2. The van der Waals surface area contributed by atoms with Crippen LogP contribution in [-0.4, -0.2) is 28.4 Å². The first-order valence-electron chi connectivity index (χ1n) is 7.19. The number of hydrogen-bond donors (Lipinski definition) is 1. The smallest absolute Gasteiger partial charge is 0.226 e. The van der Waals surface area contributed by atoms with Gasteiger partial charge < -0.3 is 9.73 Å². The fourth-order valence-corrected chi connectivity index (χ4v) is 2.83. The molecule has 114 valence electrons. The second-order valence-corrected chi connectivity index (χ2v) is 6.15. The van der Waals surface area contributed by atoms with Gasteiger partial charge in [0.1, 0.15) is 0 Å². The fraction of sp³-hybridized carbons (Fsp3) is 0.312. The number of hydrogen-bond acceptors (Lipinski definition) is 5. The van der Waals surface area contributed by atoms with Gasteiger partial charge in [-0.1, -0.05) is 41.6 Å². The molecule has 0 atom stereocenters. The Balaban J connectivity index is 1.55. The van der Waals surface area contributed by atoms with Gasteiger partial charge in [0.15, 0.2) is 16.8 Å². The third kappa shape index (κ3) is 3.76. The van der Waals surface area contributed by atoms with Crippen molar-refractivity contribution in [1.82, 2.24) is 10.3 Å². The number of carbonyl (C=O) groups is 1. The van der Waals surface area contributed by atoms with Crippen LogP contribution in [-0.2, 0) is 11.2 Å². The lowest BCUT2D eigenvalue weighted by atomic mass is 10.1. The SMILES string of the molecule is Cc1ccc(-c2cnc(CCC(=O)NC3=NCCS3)o2)cc1. The average Bonchev–Trinajstić information content (AvgIpc) is 3.17. The molecule has 0 bridgehead atoms. The zero-order chi connectivity index (χ0) is 15.4. The first-order valence-corrected chi connectivity index (χ1v) is 8.18. The van der Waals surface area contributed by atoms with Crippen LogP contribution in [0.2, 0.25) is 0 Å². The number of oxazole rings is 1. The molecule has 0 unspecified atom stereocenters. The largest absolute Gasteiger partial charge is 0.441 e. The molecule has 1 aliphatic heterocycles. The monoisotopic (exact) mass is 315 g/mol. The minimum atomic E-state index is -0.0526. The summed E-state index contributed by atoms with van der Waals surface area (Å²) in [5.41, 5.74) is 2.19. The average molecular weight is 315 g/mol. The summed E-state index contributed by atoms with van der Waals surface area (Å²) in [5.74, 6) is 2.19. The standard InChI is InChI=1S/C16H17N3O2S/c1-11-2-4-12(5-3-11)13-10-18-15(21-13)7-6-14(20)19-16-17-8-9-22-16/h2-5,10H,6-9H2,1H3,(H,17,19,20). The number of benzene rings is 1. The zero-order valence-electron chi connectivity index (χ0n) is 12.3. The highest BCUT2D eigenvalue weighted by Crippen LogP contribution is 2.21. The van der Waals surface area contributed by atoms with E-state index < -0.39 is 0 Å². The number of aliphatic imine (C=N–C) groups is 1. The molecule has 2 heterocycles. The van der Waals surface area contributed by atoms with Gasteiger partial charge in [0, 0.05) is 24.2 Å². The Labute approximate surface area is 133 Å². The molecule has 1 N–H and O–H groups in total. The molecule has 0 spiro atoms. The van der Waals surface area contributed by atoms with Crippen molar-refractivity contribution < 1.29 is 9.21 Å². The van der Waals surface area contributed by atoms with Gasteiger partial charge in [-0.2, -0.15) is 0 Å². The van der Waals surface area contributed by atoms with Crippen LogP contribution < -0.4 is 5.32 Å². The minimum absolute atomic E-state index is 0.0526. The Morgan fingerprint density at radius 2 is 2.18 bits per heavy atom. The van der Waals surface area contributed by atoms with Crippen LogP contribution in [0.15, 0.2) is 39.9 Å². The summed E-state index contributed by atoms with van der Waals surface area (Å²) >= 11 is 1.57. The maximum Gasteiger partial charge on any atom is 0.226 e. The van der Waals surface area contributed by atoms with E-state index >= 15 is 0 Å². The van der Waals surface area contributed by atoms with Gasteiger partial charge >= 0.3 is 0 Å². The number of amides is 1. The van der Waals surface area contributed by atoms with E-state index in [1.54, 1.807) is 18.0 Å². The summed E-state index contributed by atoms with van der Waals surface area (Å²) < 4.78 is 5.70. The van der Waals surface area contributed by atoms with Crippen molar-refractivity contribution in [1.29, 1.82) is 0 Å². The minimum Gasteiger partial charge on any atom is -0.441 e. The second-order valence-electron chi connectivity index (χ2n) is 5.07. The molecule has 0 fully saturated rings. The van der Waals surface area contributed by atoms with Gasteiger partial charge in [0.2, 0.25) is 5.91 Å². The first kappa shape index (κ1) is 14.8. The lowest BCUT2D eigenvalue weighted by Gasteiger charge is -2.02. The number of rotatable bonds is 4. The van der Waals surface area contributed by atoms with Crippen LogP contribution in [0, 0.1) is 6.92 Å². The Morgan fingerprint density at radius 3 is 2.91 bits per heavy atom.